The fourth-order valence-corrected chi connectivity index (χ4v) is 3.02. The number of halogens is 3. The van der Waals surface area contributed by atoms with Crippen LogP contribution >= 0.6 is 15.9 Å². The summed E-state index contributed by atoms with van der Waals surface area (Å²) in [6, 6.07) is 10.6. The monoisotopic (exact) mass is 391 g/mol. The van der Waals surface area contributed by atoms with Crippen LogP contribution < -0.4 is 4.74 Å². The Morgan fingerprint density at radius 2 is 1.88 bits per heavy atom. The fourth-order valence-electron chi connectivity index (χ4n) is 2.32. The predicted molar refractivity (Wildman–Crippen MR) is 84.8 cm³/mol. The lowest BCUT2D eigenvalue weighted by atomic mass is 10.2. The van der Waals surface area contributed by atoms with Crippen molar-refractivity contribution in [2.45, 2.75) is 0 Å². The second kappa shape index (κ2) is 5.72. The number of para-hydroxylation sites is 1. The number of hydrogen-bond donors (Lipinski definition) is 0. The topological polar surface area (TPSA) is 52.6 Å². The molecule has 5 nitrogen and oxygen atoms in total. The smallest absolute Gasteiger partial charge is 0.278 e. The normalized spacial score (nSPS) is 11.1. The van der Waals surface area contributed by atoms with Gasteiger partial charge >= 0.3 is 0 Å². The van der Waals surface area contributed by atoms with Crippen molar-refractivity contribution in [2.75, 3.05) is 0 Å². The summed E-state index contributed by atoms with van der Waals surface area (Å²) >= 11 is 3.31. The first-order valence-corrected chi connectivity index (χ1v) is 7.64. The molecule has 0 saturated heterocycles. The van der Waals surface area contributed by atoms with E-state index in [1.807, 2.05) is 6.07 Å². The summed E-state index contributed by atoms with van der Waals surface area (Å²) < 4.78 is 39.8. The van der Waals surface area contributed by atoms with Crippen LogP contribution in [0.1, 0.15) is 0 Å². The number of ether oxygens (including phenoxy) is 1. The minimum atomic E-state index is -0.807. The van der Waals surface area contributed by atoms with Crippen LogP contribution in [0.15, 0.2) is 57.7 Å². The van der Waals surface area contributed by atoms with E-state index in [9.17, 15) is 8.78 Å². The van der Waals surface area contributed by atoms with Gasteiger partial charge in [0.2, 0.25) is 11.8 Å². The molecular weight excluding hydrogens is 384 g/mol. The van der Waals surface area contributed by atoms with E-state index < -0.39 is 12.0 Å². The molecule has 3 heterocycles. The van der Waals surface area contributed by atoms with E-state index in [-0.39, 0.29) is 22.7 Å². The summed E-state index contributed by atoms with van der Waals surface area (Å²) in [5.74, 6) is 0.0111. The molecule has 0 bridgehead atoms. The van der Waals surface area contributed by atoms with Crippen molar-refractivity contribution in [3.63, 3.8) is 0 Å². The standard InChI is InChI=1S/C16H8BrF2N3O2/c17-13-12(10-6-7-11(18)24-10)15(19)22-14(13)16(20-8-21-22)23-9-4-2-1-3-5-9/h1-8H. The lowest BCUT2D eigenvalue weighted by molar-refractivity contribution is 0.365. The zero-order valence-corrected chi connectivity index (χ0v) is 13.5. The molecule has 0 spiro atoms. The fraction of sp³-hybridized carbons (Fsp3) is 0. The highest BCUT2D eigenvalue weighted by Crippen LogP contribution is 2.40. The number of furan rings is 1. The molecule has 0 atom stereocenters. The number of aromatic nitrogens is 3. The van der Waals surface area contributed by atoms with Crippen LogP contribution in [0.5, 0.6) is 11.6 Å². The average molecular weight is 392 g/mol. The van der Waals surface area contributed by atoms with Gasteiger partial charge in [-0.3, -0.25) is 0 Å². The van der Waals surface area contributed by atoms with Crippen molar-refractivity contribution < 1.29 is 17.9 Å². The zero-order valence-electron chi connectivity index (χ0n) is 11.9. The van der Waals surface area contributed by atoms with Gasteiger partial charge in [0.15, 0.2) is 0 Å². The first-order valence-electron chi connectivity index (χ1n) is 6.84. The van der Waals surface area contributed by atoms with Crippen LogP contribution in [-0.2, 0) is 0 Å². The summed E-state index contributed by atoms with van der Waals surface area (Å²) in [6.07, 6.45) is 1.17. The highest BCUT2D eigenvalue weighted by Gasteiger charge is 2.25. The summed E-state index contributed by atoms with van der Waals surface area (Å²) in [5, 5.41) is 3.88. The molecule has 0 unspecified atom stereocenters. The minimum Gasteiger partial charge on any atom is -0.437 e. The maximum Gasteiger partial charge on any atom is 0.278 e. The quantitative estimate of drug-likeness (QED) is 0.502. The molecule has 0 N–H and O–H groups in total. The third-order valence-corrected chi connectivity index (χ3v) is 4.13. The van der Waals surface area contributed by atoms with Crippen LogP contribution in [0.4, 0.5) is 8.78 Å². The van der Waals surface area contributed by atoms with Crippen LogP contribution in [0.2, 0.25) is 0 Å². The number of benzene rings is 1. The highest BCUT2D eigenvalue weighted by molar-refractivity contribution is 9.10. The van der Waals surface area contributed by atoms with E-state index in [4.69, 9.17) is 9.15 Å². The molecule has 3 aromatic heterocycles. The van der Waals surface area contributed by atoms with Gasteiger partial charge in [-0.15, -0.1) is 0 Å². The highest BCUT2D eigenvalue weighted by atomic mass is 79.9. The molecule has 0 aliphatic rings. The Hall–Kier alpha value is -2.74. The van der Waals surface area contributed by atoms with Crippen molar-refractivity contribution in [1.29, 1.82) is 0 Å². The molecule has 1 aromatic carbocycles. The van der Waals surface area contributed by atoms with Gasteiger partial charge in [-0.2, -0.15) is 23.4 Å². The van der Waals surface area contributed by atoms with E-state index in [0.717, 1.165) is 10.6 Å². The second-order valence-corrected chi connectivity index (χ2v) is 5.62. The molecule has 120 valence electrons. The second-order valence-electron chi connectivity index (χ2n) is 4.82. The van der Waals surface area contributed by atoms with Gasteiger partial charge in [-0.05, 0) is 34.1 Å². The Morgan fingerprint density at radius 3 is 2.58 bits per heavy atom. The Kier molecular flexibility index (Phi) is 3.53. The van der Waals surface area contributed by atoms with Gasteiger partial charge in [-0.1, -0.05) is 18.2 Å². The van der Waals surface area contributed by atoms with E-state index in [2.05, 4.69) is 26.0 Å². The minimum absolute atomic E-state index is 0.0352. The third kappa shape index (κ3) is 2.35. The van der Waals surface area contributed by atoms with Crippen molar-refractivity contribution in [2.24, 2.45) is 0 Å². The van der Waals surface area contributed by atoms with Crippen molar-refractivity contribution in [1.82, 2.24) is 14.6 Å². The molecule has 0 radical (unpaired) electrons. The largest absolute Gasteiger partial charge is 0.437 e. The van der Waals surface area contributed by atoms with E-state index >= 15 is 0 Å². The van der Waals surface area contributed by atoms with Gasteiger partial charge in [0.1, 0.15) is 23.4 Å². The Bertz CT molecular complexity index is 1030. The van der Waals surface area contributed by atoms with Gasteiger partial charge < -0.3 is 9.15 Å². The number of hydrogen-bond acceptors (Lipinski definition) is 4. The van der Waals surface area contributed by atoms with Gasteiger partial charge in [-0.25, -0.2) is 0 Å². The molecule has 0 saturated carbocycles. The Balaban J connectivity index is 1.91. The first kappa shape index (κ1) is 14.8. The molecule has 0 aliphatic carbocycles. The number of rotatable bonds is 3. The molecule has 4 rings (SSSR count). The van der Waals surface area contributed by atoms with Crippen LogP contribution in [0.25, 0.3) is 16.8 Å². The molecule has 4 aromatic rings. The Labute approximate surface area is 142 Å². The lowest BCUT2D eigenvalue weighted by Gasteiger charge is -2.05. The summed E-state index contributed by atoms with van der Waals surface area (Å²) in [7, 11) is 0. The first-order chi connectivity index (χ1) is 11.6. The maximum absolute atomic E-state index is 14.7. The number of nitrogens with zero attached hydrogens (tertiary/aromatic N) is 3. The van der Waals surface area contributed by atoms with Crippen molar-refractivity contribution in [3.05, 3.63) is 65.2 Å². The van der Waals surface area contributed by atoms with Crippen molar-refractivity contribution >= 4 is 21.4 Å². The van der Waals surface area contributed by atoms with Crippen LogP contribution in [0, 0.1) is 12.0 Å². The molecule has 0 amide bonds. The van der Waals surface area contributed by atoms with E-state index in [1.165, 1.54) is 12.4 Å². The Morgan fingerprint density at radius 1 is 1.08 bits per heavy atom. The maximum atomic E-state index is 14.7. The molecular formula is C16H8BrF2N3O2. The molecule has 0 fully saturated rings. The average Bonchev–Trinajstić information content (AvgIpc) is 3.11. The summed E-state index contributed by atoms with van der Waals surface area (Å²) in [4.78, 5) is 4.06. The lowest BCUT2D eigenvalue weighted by Crippen LogP contribution is -1.98. The van der Waals surface area contributed by atoms with Crippen molar-refractivity contribution in [3.8, 4) is 23.0 Å². The number of fused-ring (bicyclic) bond motifs is 1. The molecule has 0 aliphatic heterocycles. The molecule has 24 heavy (non-hydrogen) atoms. The predicted octanol–water partition coefficient (Wildman–Crippen LogP) is 4.82. The van der Waals surface area contributed by atoms with Crippen LogP contribution in [-0.4, -0.2) is 14.6 Å². The third-order valence-electron chi connectivity index (χ3n) is 3.35. The molecule has 8 heteroatoms. The van der Waals surface area contributed by atoms with Gasteiger partial charge in [0.25, 0.3) is 6.01 Å². The van der Waals surface area contributed by atoms with E-state index in [0.29, 0.717) is 10.2 Å². The zero-order chi connectivity index (χ0) is 16.7. The van der Waals surface area contributed by atoms with Gasteiger partial charge in [0, 0.05) is 6.07 Å². The summed E-state index contributed by atoms with van der Waals surface area (Å²) in [5.41, 5.74) is 0.308. The SMILES string of the molecule is Fc1ccc(-c2c(Br)c3c(Oc4ccccc4)ncnn3c2F)o1. The summed E-state index contributed by atoms with van der Waals surface area (Å²) in [6.45, 7) is 0. The van der Waals surface area contributed by atoms with Gasteiger partial charge in [0.05, 0.1) is 10.0 Å². The van der Waals surface area contributed by atoms with Crippen LogP contribution in [0.3, 0.4) is 0 Å². The van der Waals surface area contributed by atoms with E-state index in [1.54, 1.807) is 24.3 Å².